The van der Waals surface area contributed by atoms with Gasteiger partial charge in [0.15, 0.2) is 22.8 Å². The SMILES string of the molecule is CC(C)CCCC(C)CCCC(C)CCC(=O)SCCNC(=O)CCNC(=O)C(O)C(C)(C)COP(=O)(O)OP(=O)(O)OC[C@H]1O[C@@H](n2cnc3c(N)ncnc32)[C@H](O)[C@@H]1OP(=O)(O)O. The van der Waals surface area contributed by atoms with E-state index in [9.17, 15) is 57.9 Å². The lowest BCUT2D eigenvalue weighted by molar-refractivity contribution is -0.137. The van der Waals surface area contributed by atoms with Crippen LogP contribution in [-0.2, 0) is 50.7 Å². The van der Waals surface area contributed by atoms with Crippen LogP contribution in [0.3, 0.4) is 0 Å². The molecule has 65 heavy (non-hydrogen) atoms. The van der Waals surface area contributed by atoms with E-state index in [0.717, 1.165) is 54.2 Å². The molecule has 0 aliphatic carbocycles. The lowest BCUT2D eigenvalue weighted by Crippen LogP contribution is -2.46. The number of hydrogen-bond donors (Lipinski definition) is 9. The summed E-state index contributed by atoms with van der Waals surface area (Å²) in [6.45, 7) is 9.54. The number of nitrogens with zero attached hydrogens (tertiary/aromatic N) is 4. The number of carbonyl (C=O) groups is 3. The molecule has 28 heteroatoms. The maximum atomic E-state index is 12.7. The molecule has 1 aliphatic rings. The number of nitrogens with two attached hydrogens (primary N) is 1. The highest BCUT2D eigenvalue weighted by Gasteiger charge is 2.50. The number of aromatic nitrogens is 4. The van der Waals surface area contributed by atoms with Crippen LogP contribution in [0.5, 0.6) is 0 Å². The van der Waals surface area contributed by atoms with E-state index in [2.05, 4.69) is 62.1 Å². The molecule has 0 radical (unpaired) electrons. The first kappa shape index (κ1) is 56.9. The van der Waals surface area contributed by atoms with Gasteiger partial charge in [0.2, 0.25) is 11.8 Å². The fraction of sp³-hybridized carbons (Fsp3) is 0.784. The summed E-state index contributed by atoms with van der Waals surface area (Å²) in [6.07, 6.45) is 1.63. The van der Waals surface area contributed by atoms with Gasteiger partial charge in [-0.1, -0.05) is 91.8 Å². The monoisotopic (exact) mass is 1010 g/mol. The van der Waals surface area contributed by atoms with Gasteiger partial charge in [0.25, 0.3) is 0 Å². The number of phosphoric ester groups is 3. The second kappa shape index (κ2) is 25.8. The number of anilines is 1. The number of aliphatic hydroxyl groups is 2. The molecule has 1 saturated heterocycles. The molecule has 3 heterocycles. The summed E-state index contributed by atoms with van der Waals surface area (Å²) in [7, 11) is -16.4. The van der Waals surface area contributed by atoms with Crippen molar-refractivity contribution in [3.05, 3.63) is 12.7 Å². The third-order valence-electron chi connectivity index (χ3n) is 10.5. The molecule has 2 amide bonds. The average molecular weight is 1010 g/mol. The van der Waals surface area contributed by atoms with E-state index in [0.29, 0.717) is 24.0 Å². The van der Waals surface area contributed by atoms with E-state index in [-0.39, 0.29) is 41.6 Å². The summed E-state index contributed by atoms with van der Waals surface area (Å²) in [4.78, 5) is 88.5. The summed E-state index contributed by atoms with van der Waals surface area (Å²) in [5, 5.41) is 26.7. The molecule has 3 rings (SSSR count). The first-order valence-electron chi connectivity index (χ1n) is 21.2. The molecule has 5 unspecified atom stereocenters. The Morgan fingerprint density at radius 3 is 2.18 bits per heavy atom. The van der Waals surface area contributed by atoms with Gasteiger partial charge in [-0.15, -0.1) is 0 Å². The maximum absolute atomic E-state index is 12.7. The van der Waals surface area contributed by atoms with Crippen LogP contribution in [0.2, 0.25) is 0 Å². The third kappa shape index (κ3) is 20.0. The molecule has 372 valence electrons. The largest absolute Gasteiger partial charge is 0.481 e. The Balaban J connectivity index is 1.36. The number of thioether (sulfide) groups is 1. The number of phosphoric acid groups is 3. The van der Waals surface area contributed by atoms with Crippen molar-refractivity contribution < 1.29 is 80.5 Å². The minimum Gasteiger partial charge on any atom is -0.386 e. The van der Waals surface area contributed by atoms with Gasteiger partial charge in [0.05, 0.1) is 19.5 Å². The predicted molar refractivity (Wildman–Crippen MR) is 237 cm³/mol. The van der Waals surface area contributed by atoms with Crippen molar-refractivity contribution in [1.82, 2.24) is 30.2 Å². The zero-order valence-electron chi connectivity index (χ0n) is 37.5. The number of aliphatic hydroxyl groups excluding tert-OH is 2. The van der Waals surface area contributed by atoms with Gasteiger partial charge in [-0.2, -0.15) is 4.31 Å². The molecule has 9 atom stereocenters. The standard InChI is InChI=1S/C37H66N7O17P3S/c1-23(2)9-7-10-24(3)11-8-12-25(4)13-14-28(46)65-18-17-39-27(45)15-16-40-35(49)32(48)37(5,6)20-58-64(55,56)61-63(53,54)57-19-26-31(60-62(50,51)52)30(47)36(59-26)44-22-43-29-33(38)41-21-42-34(29)44/h21-26,30-32,36,47-48H,7-20H2,1-6H3,(H,39,45)(H,40,49)(H,53,54)(H,55,56)(H2,38,41,42)(H2,50,51,52)/t24?,25?,26-,30-,31-,32?,36-/m1/s1. The van der Waals surface area contributed by atoms with Crippen molar-refractivity contribution >= 4 is 69.1 Å². The van der Waals surface area contributed by atoms with Gasteiger partial charge in [0.1, 0.15) is 36.3 Å². The highest BCUT2D eigenvalue weighted by molar-refractivity contribution is 8.13. The molecular formula is C37H66N7O17P3S. The van der Waals surface area contributed by atoms with E-state index >= 15 is 0 Å². The maximum Gasteiger partial charge on any atom is 0.481 e. The molecule has 1 fully saturated rings. The summed E-state index contributed by atoms with van der Waals surface area (Å²) < 4.78 is 62.4. The van der Waals surface area contributed by atoms with Crippen molar-refractivity contribution in [2.75, 3.05) is 37.8 Å². The number of fused-ring (bicyclic) bond motifs is 1. The van der Waals surface area contributed by atoms with Gasteiger partial charge >= 0.3 is 23.5 Å². The molecular weight excluding hydrogens is 939 g/mol. The quantitative estimate of drug-likeness (QED) is 0.0398. The van der Waals surface area contributed by atoms with Crippen LogP contribution in [0.15, 0.2) is 12.7 Å². The molecule has 0 saturated carbocycles. The Kier molecular flexibility index (Phi) is 22.6. The number of hydrogen-bond acceptors (Lipinski definition) is 18. The highest BCUT2D eigenvalue weighted by atomic mass is 32.2. The molecule has 0 aromatic carbocycles. The second-order valence-electron chi connectivity index (χ2n) is 17.3. The zero-order chi connectivity index (χ0) is 48.8. The zero-order valence-corrected chi connectivity index (χ0v) is 41.0. The van der Waals surface area contributed by atoms with Gasteiger partial charge in [-0.3, -0.25) is 32.5 Å². The van der Waals surface area contributed by atoms with Gasteiger partial charge in [-0.05, 0) is 24.2 Å². The van der Waals surface area contributed by atoms with Gasteiger partial charge < -0.3 is 50.9 Å². The smallest absolute Gasteiger partial charge is 0.386 e. The molecule has 10 N–H and O–H groups in total. The lowest BCUT2D eigenvalue weighted by Gasteiger charge is -2.30. The van der Waals surface area contributed by atoms with Crippen molar-refractivity contribution in [1.29, 1.82) is 0 Å². The lowest BCUT2D eigenvalue weighted by atomic mass is 9.87. The normalized spacial score (nSPS) is 21.4. The summed E-state index contributed by atoms with van der Waals surface area (Å²) in [6, 6.07) is 0. The van der Waals surface area contributed by atoms with Crippen LogP contribution >= 0.6 is 35.2 Å². The molecule has 1 aliphatic heterocycles. The summed E-state index contributed by atoms with van der Waals surface area (Å²) in [5.74, 6) is 0.872. The fourth-order valence-electron chi connectivity index (χ4n) is 6.71. The first-order valence-corrected chi connectivity index (χ1v) is 26.8. The molecule has 24 nitrogen and oxygen atoms in total. The topological polar surface area (TPSA) is 364 Å². The Bertz CT molecular complexity index is 2010. The minimum absolute atomic E-state index is 0.0329. The summed E-state index contributed by atoms with van der Waals surface area (Å²) in [5.41, 5.74) is 4.28. The Morgan fingerprint density at radius 2 is 1.54 bits per heavy atom. The number of nitrogen functional groups attached to an aromatic ring is 1. The third-order valence-corrected chi connectivity index (χ3v) is 14.5. The van der Waals surface area contributed by atoms with Gasteiger partial charge in [-0.25, -0.2) is 28.6 Å². The van der Waals surface area contributed by atoms with Crippen molar-refractivity contribution in [2.45, 2.75) is 130 Å². The minimum atomic E-state index is -5.58. The fourth-order valence-corrected chi connectivity index (χ4v) is 10.2. The Hall–Kier alpha value is -2.44. The van der Waals surface area contributed by atoms with Crippen LogP contribution in [-0.4, -0.2) is 123 Å². The van der Waals surface area contributed by atoms with Crippen LogP contribution in [0, 0.1) is 23.2 Å². The van der Waals surface area contributed by atoms with E-state index in [1.807, 2.05) is 0 Å². The van der Waals surface area contributed by atoms with Crippen LogP contribution in [0.1, 0.15) is 106 Å². The number of ether oxygens (including phenoxy) is 1. The molecule has 0 spiro atoms. The molecule has 0 bridgehead atoms. The van der Waals surface area contributed by atoms with Crippen molar-refractivity contribution in [2.24, 2.45) is 23.2 Å². The van der Waals surface area contributed by atoms with Crippen molar-refractivity contribution in [3.8, 4) is 0 Å². The number of carbonyl (C=O) groups excluding carboxylic acids is 3. The van der Waals surface area contributed by atoms with Crippen LogP contribution < -0.4 is 16.4 Å². The Morgan fingerprint density at radius 1 is 0.908 bits per heavy atom. The number of imidazole rings is 1. The molecule has 2 aromatic heterocycles. The van der Waals surface area contributed by atoms with Crippen molar-refractivity contribution in [3.63, 3.8) is 0 Å². The predicted octanol–water partition coefficient (Wildman–Crippen LogP) is 3.71. The number of rotatable bonds is 30. The number of amides is 2. The highest BCUT2D eigenvalue weighted by Crippen LogP contribution is 2.61. The van der Waals surface area contributed by atoms with Gasteiger partial charge in [0, 0.05) is 37.1 Å². The van der Waals surface area contributed by atoms with E-state index in [1.165, 1.54) is 39.5 Å². The van der Waals surface area contributed by atoms with E-state index < -0.39 is 84.6 Å². The summed E-state index contributed by atoms with van der Waals surface area (Å²) >= 11 is 1.15. The average Bonchev–Trinajstić information content (AvgIpc) is 3.76. The Labute approximate surface area is 382 Å². The van der Waals surface area contributed by atoms with E-state index in [4.69, 9.17) is 19.5 Å². The first-order chi connectivity index (χ1) is 30.2. The van der Waals surface area contributed by atoms with Crippen LogP contribution in [0.25, 0.3) is 11.2 Å². The van der Waals surface area contributed by atoms with E-state index in [1.54, 1.807) is 0 Å². The second-order valence-corrected chi connectivity index (χ2v) is 22.7. The van der Waals surface area contributed by atoms with Crippen LogP contribution in [0.4, 0.5) is 5.82 Å². The molecule has 2 aromatic rings. The number of nitrogens with one attached hydrogen (secondary N) is 2.